The molecule has 1 heterocycles. The molecule has 0 spiro atoms. The fourth-order valence-electron chi connectivity index (χ4n) is 3.50. The van der Waals surface area contributed by atoms with Crippen LogP contribution in [0.2, 0.25) is 0 Å². The quantitative estimate of drug-likeness (QED) is 0.708. The summed E-state index contributed by atoms with van der Waals surface area (Å²) in [5.74, 6) is -0.807. The van der Waals surface area contributed by atoms with Crippen molar-refractivity contribution < 1.29 is 19.5 Å². The minimum absolute atomic E-state index is 0.0291. The zero-order valence-corrected chi connectivity index (χ0v) is 16.4. The first-order chi connectivity index (χ1) is 14.0. The van der Waals surface area contributed by atoms with Gasteiger partial charge in [-0.1, -0.05) is 42.5 Å². The van der Waals surface area contributed by atoms with Crippen molar-refractivity contribution in [1.82, 2.24) is 9.80 Å². The number of nitrogens with zero attached hydrogens (tertiary/aromatic N) is 2. The Balaban J connectivity index is 1.68. The highest BCUT2D eigenvalue weighted by Gasteiger charge is 2.21. The van der Waals surface area contributed by atoms with Crippen LogP contribution in [0.15, 0.2) is 54.6 Å². The van der Waals surface area contributed by atoms with Crippen molar-refractivity contribution in [1.29, 1.82) is 0 Å². The second-order valence-corrected chi connectivity index (χ2v) is 7.33. The fourth-order valence-corrected chi connectivity index (χ4v) is 3.50. The molecule has 29 heavy (non-hydrogen) atoms. The molecule has 1 aliphatic heterocycles. The zero-order valence-electron chi connectivity index (χ0n) is 16.4. The molecular formula is C23H26N2O4. The van der Waals surface area contributed by atoms with Gasteiger partial charge in [-0.15, -0.1) is 0 Å². The molecule has 1 aliphatic rings. The minimum atomic E-state index is -0.863. The van der Waals surface area contributed by atoms with E-state index in [2.05, 4.69) is 0 Å². The summed E-state index contributed by atoms with van der Waals surface area (Å²) in [5.41, 5.74) is 2.56. The van der Waals surface area contributed by atoms with Crippen LogP contribution in [-0.4, -0.2) is 45.8 Å². The number of carboxylic acids is 1. The van der Waals surface area contributed by atoms with E-state index in [-0.39, 0.29) is 18.2 Å². The van der Waals surface area contributed by atoms with Gasteiger partial charge in [0.1, 0.15) is 0 Å². The first kappa shape index (κ1) is 20.6. The van der Waals surface area contributed by atoms with E-state index in [4.69, 9.17) is 5.11 Å². The van der Waals surface area contributed by atoms with Crippen LogP contribution in [0.1, 0.15) is 47.2 Å². The maximum absolute atomic E-state index is 13.0. The first-order valence-electron chi connectivity index (χ1n) is 9.94. The number of aliphatic carboxylic acids is 1. The molecule has 2 amide bonds. The SMILES string of the molecule is O=C(O)CCCN(Cc1ccccc1)C(=O)c1ccc(CN2CCCC2=O)cc1. The number of carboxylic acid groups (broad SMARTS) is 1. The number of rotatable bonds is 9. The van der Waals surface area contributed by atoms with Crippen LogP contribution < -0.4 is 0 Å². The van der Waals surface area contributed by atoms with Crippen LogP contribution >= 0.6 is 0 Å². The number of carbonyl (C=O) groups excluding carboxylic acids is 2. The molecule has 0 atom stereocenters. The van der Waals surface area contributed by atoms with E-state index >= 15 is 0 Å². The van der Waals surface area contributed by atoms with Crippen molar-refractivity contribution in [3.05, 3.63) is 71.3 Å². The molecule has 6 nitrogen and oxygen atoms in total. The van der Waals surface area contributed by atoms with Crippen molar-refractivity contribution in [2.75, 3.05) is 13.1 Å². The second-order valence-electron chi connectivity index (χ2n) is 7.33. The number of amides is 2. The van der Waals surface area contributed by atoms with Gasteiger partial charge in [0.2, 0.25) is 5.91 Å². The summed E-state index contributed by atoms with van der Waals surface area (Å²) < 4.78 is 0. The predicted molar refractivity (Wildman–Crippen MR) is 109 cm³/mol. The van der Waals surface area contributed by atoms with Gasteiger partial charge in [-0.2, -0.15) is 0 Å². The van der Waals surface area contributed by atoms with Gasteiger partial charge in [0, 0.05) is 44.6 Å². The summed E-state index contributed by atoms with van der Waals surface area (Å²) in [4.78, 5) is 39.2. The van der Waals surface area contributed by atoms with Gasteiger partial charge in [-0.05, 0) is 36.1 Å². The lowest BCUT2D eigenvalue weighted by molar-refractivity contribution is -0.137. The molecule has 152 valence electrons. The molecule has 0 unspecified atom stereocenters. The Hall–Kier alpha value is -3.15. The summed E-state index contributed by atoms with van der Waals surface area (Å²) in [7, 11) is 0. The molecule has 2 aromatic rings. The first-order valence-corrected chi connectivity index (χ1v) is 9.94. The molecule has 0 aliphatic carbocycles. The molecular weight excluding hydrogens is 368 g/mol. The van der Waals surface area contributed by atoms with E-state index in [0.29, 0.717) is 38.0 Å². The molecule has 1 N–H and O–H groups in total. The average molecular weight is 394 g/mol. The lowest BCUT2D eigenvalue weighted by Gasteiger charge is -2.23. The third-order valence-electron chi connectivity index (χ3n) is 5.07. The van der Waals surface area contributed by atoms with Gasteiger partial charge in [0.15, 0.2) is 0 Å². The molecule has 3 rings (SSSR count). The Bertz CT molecular complexity index is 849. The second kappa shape index (κ2) is 9.87. The van der Waals surface area contributed by atoms with Crippen LogP contribution in [0.5, 0.6) is 0 Å². The number of carbonyl (C=O) groups is 3. The maximum Gasteiger partial charge on any atom is 0.303 e. The van der Waals surface area contributed by atoms with Gasteiger partial charge in [-0.25, -0.2) is 0 Å². The third kappa shape index (κ3) is 5.91. The van der Waals surface area contributed by atoms with Crippen LogP contribution in [0.25, 0.3) is 0 Å². The molecule has 0 bridgehead atoms. The number of hydrogen-bond acceptors (Lipinski definition) is 3. The van der Waals surface area contributed by atoms with Crippen LogP contribution in [0.3, 0.4) is 0 Å². The van der Waals surface area contributed by atoms with Crippen molar-refractivity contribution in [3.8, 4) is 0 Å². The molecule has 0 saturated carbocycles. The Labute approximate surface area is 170 Å². The fraction of sp³-hybridized carbons (Fsp3) is 0.348. The van der Waals surface area contributed by atoms with Crippen LogP contribution in [0, 0.1) is 0 Å². The number of likely N-dealkylation sites (tertiary alicyclic amines) is 1. The molecule has 6 heteroatoms. The lowest BCUT2D eigenvalue weighted by atomic mass is 10.1. The normalized spacial score (nSPS) is 13.5. The van der Waals surface area contributed by atoms with Crippen LogP contribution in [-0.2, 0) is 22.7 Å². The summed E-state index contributed by atoms with van der Waals surface area (Å²) in [6, 6.07) is 17.0. The third-order valence-corrected chi connectivity index (χ3v) is 5.07. The van der Waals surface area contributed by atoms with Crippen molar-refractivity contribution in [3.63, 3.8) is 0 Å². The van der Waals surface area contributed by atoms with Crippen LogP contribution in [0.4, 0.5) is 0 Å². The Morgan fingerprint density at radius 2 is 1.72 bits per heavy atom. The number of hydrogen-bond donors (Lipinski definition) is 1. The Morgan fingerprint density at radius 1 is 1.00 bits per heavy atom. The van der Waals surface area contributed by atoms with Crippen molar-refractivity contribution in [2.45, 2.75) is 38.8 Å². The smallest absolute Gasteiger partial charge is 0.303 e. The van der Waals surface area contributed by atoms with Gasteiger partial charge in [-0.3, -0.25) is 14.4 Å². The Kier molecular flexibility index (Phi) is 7.00. The van der Waals surface area contributed by atoms with Crippen molar-refractivity contribution >= 4 is 17.8 Å². The highest BCUT2D eigenvalue weighted by molar-refractivity contribution is 5.94. The molecule has 1 fully saturated rings. The van der Waals surface area contributed by atoms with E-state index in [1.165, 1.54) is 0 Å². The molecule has 0 radical (unpaired) electrons. The molecule has 1 saturated heterocycles. The number of benzene rings is 2. The van der Waals surface area contributed by atoms with Gasteiger partial charge in [0.05, 0.1) is 0 Å². The van der Waals surface area contributed by atoms with E-state index in [0.717, 1.165) is 24.1 Å². The highest BCUT2D eigenvalue weighted by atomic mass is 16.4. The molecule has 0 aromatic heterocycles. The summed E-state index contributed by atoms with van der Waals surface area (Å²) in [6.45, 7) is 2.17. The summed E-state index contributed by atoms with van der Waals surface area (Å²) in [6.07, 6.45) is 1.95. The van der Waals surface area contributed by atoms with Gasteiger partial charge >= 0.3 is 5.97 Å². The largest absolute Gasteiger partial charge is 0.481 e. The van der Waals surface area contributed by atoms with Gasteiger partial charge in [0.25, 0.3) is 5.91 Å². The standard InChI is InChI=1S/C23H26N2O4/c26-21-8-4-14-24(21)16-19-10-12-20(13-11-19)23(29)25(15-5-9-22(27)28)17-18-6-2-1-3-7-18/h1-3,6-7,10-13H,4-5,8-9,14-17H2,(H,27,28). The maximum atomic E-state index is 13.0. The minimum Gasteiger partial charge on any atom is -0.481 e. The Morgan fingerprint density at radius 3 is 2.34 bits per heavy atom. The predicted octanol–water partition coefficient (Wildman–Crippen LogP) is 3.32. The highest BCUT2D eigenvalue weighted by Crippen LogP contribution is 2.16. The molecule has 2 aromatic carbocycles. The summed E-state index contributed by atoms with van der Waals surface area (Å²) >= 11 is 0. The average Bonchev–Trinajstić information content (AvgIpc) is 3.12. The van der Waals surface area contributed by atoms with E-state index < -0.39 is 5.97 Å². The topological polar surface area (TPSA) is 77.9 Å². The van der Waals surface area contributed by atoms with Crippen molar-refractivity contribution in [2.24, 2.45) is 0 Å². The van der Waals surface area contributed by atoms with E-state index in [9.17, 15) is 14.4 Å². The monoisotopic (exact) mass is 394 g/mol. The van der Waals surface area contributed by atoms with E-state index in [1.807, 2.05) is 47.4 Å². The van der Waals surface area contributed by atoms with E-state index in [1.54, 1.807) is 17.0 Å². The van der Waals surface area contributed by atoms with Gasteiger partial charge < -0.3 is 14.9 Å². The lowest BCUT2D eigenvalue weighted by Crippen LogP contribution is -2.32. The zero-order chi connectivity index (χ0) is 20.6. The summed E-state index contributed by atoms with van der Waals surface area (Å²) in [5, 5.41) is 8.91.